The van der Waals surface area contributed by atoms with Gasteiger partial charge in [0.2, 0.25) is 0 Å². The minimum Gasteiger partial charge on any atom is -0.376 e. The predicted octanol–water partition coefficient (Wildman–Crippen LogP) is 1.40. The van der Waals surface area contributed by atoms with Gasteiger partial charge in [0.1, 0.15) is 0 Å². The van der Waals surface area contributed by atoms with Crippen LogP contribution in [0.4, 0.5) is 13.2 Å². The molecule has 1 aliphatic heterocycles. The first-order chi connectivity index (χ1) is 5.99. The molecular formula is C7H7F3O3. The fraction of sp³-hybridized carbons (Fsp3) is 0.571. The molecule has 3 nitrogen and oxygen atoms in total. The lowest BCUT2D eigenvalue weighted by atomic mass is 10.2. The monoisotopic (exact) mass is 196 g/mol. The Hall–Kier alpha value is -1.04. The van der Waals surface area contributed by atoms with Gasteiger partial charge in [0.05, 0.1) is 18.8 Å². The van der Waals surface area contributed by atoms with Gasteiger partial charge >= 0.3 is 12.3 Å². The van der Waals surface area contributed by atoms with Gasteiger partial charge in [0.15, 0.2) is 0 Å². The van der Waals surface area contributed by atoms with E-state index in [9.17, 15) is 18.0 Å². The van der Waals surface area contributed by atoms with Crippen molar-refractivity contribution in [1.82, 2.24) is 0 Å². The van der Waals surface area contributed by atoms with Crippen LogP contribution in [-0.2, 0) is 14.3 Å². The summed E-state index contributed by atoms with van der Waals surface area (Å²) in [4.78, 5) is 10.7. The van der Waals surface area contributed by atoms with Gasteiger partial charge in [-0.1, -0.05) is 6.08 Å². The second-order valence-corrected chi connectivity index (χ2v) is 2.41. The topological polar surface area (TPSA) is 35.5 Å². The van der Waals surface area contributed by atoms with Gasteiger partial charge in [0.25, 0.3) is 0 Å². The molecule has 0 fully saturated rings. The zero-order valence-corrected chi connectivity index (χ0v) is 6.56. The fourth-order valence-electron chi connectivity index (χ4n) is 0.870. The summed E-state index contributed by atoms with van der Waals surface area (Å²) in [5, 5.41) is 0. The Balaban J connectivity index is 2.52. The zero-order valence-electron chi connectivity index (χ0n) is 6.56. The van der Waals surface area contributed by atoms with Gasteiger partial charge in [-0.15, -0.1) is 13.2 Å². The first kappa shape index (κ1) is 10.0. The molecule has 0 bridgehead atoms. The predicted molar refractivity (Wildman–Crippen MR) is 35.7 cm³/mol. The lowest BCUT2D eigenvalue weighted by Crippen LogP contribution is -2.24. The summed E-state index contributed by atoms with van der Waals surface area (Å²) < 4.78 is 42.6. The molecular weight excluding hydrogens is 189 g/mol. The highest BCUT2D eigenvalue weighted by atomic mass is 19.4. The number of carbonyl (C=O) groups excluding carboxylic acids is 1. The molecule has 0 atom stereocenters. The van der Waals surface area contributed by atoms with E-state index in [1.54, 1.807) is 0 Å². The zero-order chi connectivity index (χ0) is 9.90. The minimum atomic E-state index is -4.92. The lowest BCUT2D eigenvalue weighted by molar-refractivity contribution is -0.303. The molecule has 13 heavy (non-hydrogen) atoms. The average molecular weight is 196 g/mol. The number of rotatable bonds is 1. The smallest absolute Gasteiger partial charge is 0.376 e. The maximum Gasteiger partial charge on any atom is 0.575 e. The number of hydrogen-bond donors (Lipinski definition) is 0. The highest BCUT2D eigenvalue weighted by Gasteiger charge is 2.35. The minimum absolute atomic E-state index is 0.0800. The molecule has 0 aliphatic carbocycles. The van der Waals surface area contributed by atoms with Crippen LogP contribution in [0.1, 0.15) is 6.42 Å². The molecule has 74 valence electrons. The third-order valence-corrected chi connectivity index (χ3v) is 1.38. The van der Waals surface area contributed by atoms with Crippen LogP contribution in [0.5, 0.6) is 0 Å². The van der Waals surface area contributed by atoms with E-state index in [0.29, 0.717) is 13.0 Å². The van der Waals surface area contributed by atoms with Crippen LogP contribution in [0.15, 0.2) is 11.6 Å². The molecule has 0 radical (unpaired) electrons. The number of alkyl halides is 3. The summed E-state index contributed by atoms with van der Waals surface area (Å²) in [7, 11) is 0. The molecule has 6 heteroatoms. The van der Waals surface area contributed by atoms with Crippen LogP contribution in [0, 0.1) is 0 Å². The maximum atomic E-state index is 11.5. The Bertz CT molecular complexity index is 232. The van der Waals surface area contributed by atoms with Crippen molar-refractivity contribution >= 4 is 5.97 Å². The molecule has 1 aliphatic rings. The molecule has 0 saturated heterocycles. The van der Waals surface area contributed by atoms with E-state index in [0.717, 1.165) is 0 Å². The van der Waals surface area contributed by atoms with Gasteiger partial charge in [-0.2, -0.15) is 0 Å². The van der Waals surface area contributed by atoms with Crippen LogP contribution in [0.25, 0.3) is 0 Å². The fourth-order valence-corrected chi connectivity index (χ4v) is 0.870. The van der Waals surface area contributed by atoms with E-state index >= 15 is 0 Å². The van der Waals surface area contributed by atoms with Crippen molar-refractivity contribution in [3.05, 3.63) is 11.6 Å². The van der Waals surface area contributed by atoms with E-state index in [-0.39, 0.29) is 12.2 Å². The number of hydrogen-bond acceptors (Lipinski definition) is 3. The van der Waals surface area contributed by atoms with Crippen molar-refractivity contribution in [3.63, 3.8) is 0 Å². The van der Waals surface area contributed by atoms with Crippen molar-refractivity contribution in [3.8, 4) is 0 Å². The highest BCUT2D eigenvalue weighted by molar-refractivity contribution is 5.88. The molecule has 0 N–H and O–H groups in total. The van der Waals surface area contributed by atoms with Crippen LogP contribution < -0.4 is 0 Å². The van der Waals surface area contributed by atoms with Crippen molar-refractivity contribution in [1.29, 1.82) is 0 Å². The SMILES string of the molecule is O=C(OC(F)(F)F)C1=CCCOC1. The molecule has 1 heterocycles. The number of esters is 1. The Morgan fingerprint density at radius 2 is 2.23 bits per heavy atom. The van der Waals surface area contributed by atoms with Crippen molar-refractivity contribution in [2.45, 2.75) is 12.8 Å². The summed E-state index contributed by atoms with van der Waals surface area (Å²) in [5.74, 6) is -1.38. The van der Waals surface area contributed by atoms with E-state index in [2.05, 4.69) is 4.74 Å². The summed E-state index contributed by atoms with van der Waals surface area (Å²) in [6, 6.07) is 0. The summed E-state index contributed by atoms with van der Waals surface area (Å²) in [5.41, 5.74) is -0.0800. The van der Waals surface area contributed by atoms with E-state index < -0.39 is 12.3 Å². The first-order valence-corrected chi connectivity index (χ1v) is 3.56. The molecule has 0 aromatic heterocycles. The first-order valence-electron chi connectivity index (χ1n) is 3.56. The van der Waals surface area contributed by atoms with E-state index in [4.69, 9.17) is 4.74 Å². The van der Waals surface area contributed by atoms with E-state index in [1.807, 2.05) is 0 Å². The van der Waals surface area contributed by atoms with Crippen LogP contribution in [-0.4, -0.2) is 25.5 Å². The standard InChI is InChI=1S/C7H7F3O3/c8-7(9,10)13-6(11)5-2-1-3-12-4-5/h2H,1,3-4H2. The van der Waals surface area contributed by atoms with Crippen LogP contribution in [0.3, 0.4) is 0 Å². The van der Waals surface area contributed by atoms with E-state index in [1.165, 1.54) is 6.08 Å². The Kier molecular flexibility index (Phi) is 2.92. The third-order valence-electron chi connectivity index (χ3n) is 1.38. The molecule has 0 unspecified atom stereocenters. The number of carbonyl (C=O) groups is 1. The summed E-state index contributed by atoms with van der Waals surface area (Å²) in [6.07, 6.45) is -3.10. The molecule has 0 amide bonds. The summed E-state index contributed by atoms with van der Waals surface area (Å²) >= 11 is 0. The number of ether oxygens (including phenoxy) is 2. The van der Waals surface area contributed by atoms with Gasteiger partial charge in [0, 0.05) is 0 Å². The number of halogens is 3. The van der Waals surface area contributed by atoms with Crippen molar-refractivity contribution in [2.75, 3.05) is 13.2 Å². The van der Waals surface area contributed by atoms with Gasteiger partial charge in [-0.3, -0.25) is 0 Å². The second kappa shape index (κ2) is 3.78. The lowest BCUT2D eigenvalue weighted by Gasteiger charge is -2.13. The second-order valence-electron chi connectivity index (χ2n) is 2.41. The summed E-state index contributed by atoms with van der Waals surface area (Å²) in [6.45, 7) is 0.303. The van der Waals surface area contributed by atoms with Gasteiger partial charge < -0.3 is 9.47 Å². The van der Waals surface area contributed by atoms with Gasteiger partial charge in [-0.05, 0) is 6.42 Å². The normalized spacial score (nSPS) is 17.9. The quantitative estimate of drug-likeness (QED) is 0.594. The third kappa shape index (κ3) is 3.45. The molecule has 0 saturated carbocycles. The molecule has 0 aromatic carbocycles. The molecule has 1 rings (SSSR count). The Morgan fingerprint density at radius 3 is 2.69 bits per heavy atom. The Labute approximate surface area is 72.1 Å². The Morgan fingerprint density at radius 1 is 1.54 bits per heavy atom. The average Bonchev–Trinajstić information content (AvgIpc) is 2.03. The van der Waals surface area contributed by atoms with Crippen LogP contribution >= 0.6 is 0 Å². The van der Waals surface area contributed by atoms with Crippen molar-refractivity contribution in [2.24, 2.45) is 0 Å². The highest BCUT2D eigenvalue weighted by Crippen LogP contribution is 2.19. The van der Waals surface area contributed by atoms with Crippen LogP contribution in [0.2, 0.25) is 0 Å². The largest absolute Gasteiger partial charge is 0.575 e. The molecule has 0 spiro atoms. The van der Waals surface area contributed by atoms with Gasteiger partial charge in [-0.25, -0.2) is 4.79 Å². The maximum absolute atomic E-state index is 11.5. The van der Waals surface area contributed by atoms with Crippen molar-refractivity contribution < 1.29 is 27.4 Å². The molecule has 0 aromatic rings.